The summed E-state index contributed by atoms with van der Waals surface area (Å²) in [5, 5.41) is 13.5. The van der Waals surface area contributed by atoms with Crippen molar-refractivity contribution in [3.8, 4) is 5.75 Å². The van der Waals surface area contributed by atoms with E-state index >= 15 is 0 Å². The minimum Gasteiger partial charge on any atom is -0.497 e. The van der Waals surface area contributed by atoms with E-state index in [0.717, 1.165) is 11.3 Å². The Morgan fingerprint density at radius 2 is 2.05 bits per heavy atom. The molecule has 2 aromatic rings. The fourth-order valence-electron chi connectivity index (χ4n) is 2.02. The van der Waals surface area contributed by atoms with Gasteiger partial charge in [-0.05, 0) is 24.6 Å². The molecule has 0 radical (unpaired) electrons. The predicted octanol–water partition coefficient (Wildman–Crippen LogP) is 2.03. The van der Waals surface area contributed by atoms with Gasteiger partial charge in [-0.15, -0.1) is 0 Å². The molecule has 1 aromatic carbocycles. The number of nitrogens with one attached hydrogen (secondary N) is 1. The van der Waals surface area contributed by atoms with Gasteiger partial charge in [-0.2, -0.15) is 0 Å². The monoisotopic (exact) mass is 303 g/mol. The molecule has 0 atom stereocenters. The summed E-state index contributed by atoms with van der Waals surface area (Å²) in [6, 6.07) is 8.81. The number of ether oxygens (including phenoxy) is 1. The highest BCUT2D eigenvalue weighted by Gasteiger charge is 2.13. The second-order valence-corrected chi connectivity index (χ2v) is 4.85. The molecule has 1 heterocycles. The van der Waals surface area contributed by atoms with Crippen molar-refractivity contribution < 1.29 is 14.5 Å². The molecule has 1 aromatic heterocycles. The van der Waals surface area contributed by atoms with E-state index in [0.29, 0.717) is 12.2 Å². The first-order chi connectivity index (χ1) is 10.5. The molecule has 0 spiro atoms. The summed E-state index contributed by atoms with van der Waals surface area (Å²) in [7, 11) is 1.59. The Hall–Kier alpha value is -2.83. The van der Waals surface area contributed by atoms with Crippen LogP contribution >= 0.6 is 0 Å². The maximum atomic E-state index is 11.9. The van der Waals surface area contributed by atoms with Gasteiger partial charge in [0.1, 0.15) is 12.3 Å². The van der Waals surface area contributed by atoms with Crippen LogP contribution in [0.1, 0.15) is 11.3 Å². The molecule has 0 fully saturated rings. The first-order valence-electron chi connectivity index (χ1n) is 6.70. The summed E-state index contributed by atoms with van der Waals surface area (Å²) in [5.41, 5.74) is 1.61. The summed E-state index contributed by atoms with van der Waals surface area (Å²) >= 11 is 0. The van der Waals surface area contributed by atoms with Crippen LogP contribution in [0.25, 0.3) is 0 Å². The zero-order valence-corrected chi connectivity index (χ0v) is 12.4. The van der Waals surface area contributed by atoms with Crippen LogP contribution < -0.4 is 10.1 Å². The Morgan fingerprint density at radius 1 is 1.36 bits per heavy atom. The summed E-state index contributed by atoms with van der Waals surface area (Å²) in [6.45, 7) is 2.17. The number of nitro groups is 1. The Balaban J connectivity index is 1.91. The van der Waals surface area contributed by atoms with Crippen molar-refractivity contribution >= 4 is 11.6 Å². The average molecular weight is 303 g/mol. The van der Waals surface area contributed by atoms with E-state index in [4.69, 9.17) is 4.74 Å². The topological polar surface area (TPSA) is 86.4 Å². The zero-order chi connectivity index (χ0) is 16.1. The van der Waals surface area contributed by atoms with Crippen molar-refractivity contribution in [2.24, 2.45) is 0 Å². The number of hydrogen-bond acceptors (Lipinski definition) is 4. The second-order valence-electron chi connectivity index (χ2n) is 4.85. The number of aromatic nitrogens is 1. The molecule has 7 nitrogen and oxygen atoms in total. The van der Waals surface area contributed by atoms with Crippen molar-refractivity contribution in [3.05, 3.63) is 57.9 Å². The molecule has 0 saturated heterocycles. The minimum atomic E-state index is -0.473. The highest BCUT2D eigenvalue weighted by molar-refractivity contribution is 5.76. The van der Waals surface area contributed by atoms with Gasteiger partial charge in [0.05, 0.1) is 18.2 Å². The molecule has 0 aliphatic carbocycles. The Bertz CT molecular complexity index is 677. The van der Waals surface area contributed by atoms with Gasteiger partial charge in [-0.1, -0.05) is 12.1 Å². The standard InChI is InChI=1S/C15H17N3O4/c1-11-7-13(18(20)21)9-17(11)10-15(19)16-8-12-3-5-14(22-2)6-4-12/h3-7,9H,8,10H2,1-2H3,(H,16,19). The molecular formula is C15H17N3O4. The number of methoxy groups -OCH3 is 1. The number of carbonyl (C=O) groups is 1. The molecular weight excluding hydrogens is 286 g/mol. The van der Waals surface area contributed by atoms with Crippen molar-refractivity contribution in [3.63, 3.8) is 0 Å². The second kappa shape index (κ2) is 6.75. The van der Waals surface area contributed by atoms with E-state index in [1.54, 1.807) is 18.6 Å². The van der Waals surface area contributed by atoms with Crippen LogP contribution in [0.3, 0.4) is 0 Å². The van der Waals surface area contributed by atoms with Crippen LogP contribution in [-0.2, 0) is 17.9 Å². The van der Waals surface area contributed by atoms with Crippen LogP contribution in [0.15, 0.2) is 36.5 Å². The number of carbonyl (C=O) groups excluding carboxylic acids is 1. The molecule has 7 heteroatoms. The van der Waals surface area contributed by atoms with Crippen LogP contribution in [0.2, 0.25) is 0 Å². The molecule has 116 valence electrons. The van der Waals surface area contributed by atoms with Crippen LogP contribution in [0.5, 0.6) is 5.75 Å². The molecule has 0 bridgehead atoms. The van der Waals surface area contributed by atoms with Gasteiger partial charge in [0.15, 0.2) is 0 Å². The number of rotatable bonds is 6. The highest BCUT2D eigenvalue weighted by atomic mass is 16.6. The molecule has 1 amide bonds. The predicted molar refractivity (Wildman–Crippen MR) is 80.7 cm³/mol. The lowest BCUT2D eigenvalue weighted by Crippen LogP contribution is -2.27. The van der Waals surface area contributed by atoms with Crippen LogP contribution in [0.4, 0.5) is 5.69 Å². The number of nitrogens with zero attached hydrogens (tertiary/aromatic N) is 2. The van der Waals surface area contributed by atoms with E-state index < -0.39 is 4.92 Å². The molecule has 0 aliphatic rings. The van der Waals surface area contributed by atoms with E-state index in [-0.39, 0.29) is 18.1 Å². The Labute approximate surface area is 127 Å². The number of benzene rings is 1. The molecule has 2 rings (SSSR count). The van der Waals surface area contributed by atoms with Crippen molar-refractivity contribution in [2.75, 3.05) is 7.11 Å². The molecule has 0 saturated carbocycles. The van der Waals surface area contributed by atoms with Gasteiger partial charge < -0.3 is 14.6 Å². The first kappa shape index (κ1) is 15.6. The normalized spacial score (nSPS) is 10.3. The van der Waals surface area contributed by atoms with Gasteiger partial charge in [0.25, 0.3) is 5.69 Å². The Morgan fingerprint density at radius 3 is 2.59 bits per heavy atom. The summed E-state index contributed by atoms with van der Waals surface area (Å²) < 4.78 is 6.62. The maximum absolute atomic E-state index is 11.9. The summed E-state index contributed by atoms with van der Waals surface area (Å²) in [4.78, 5) is 22.1. The highest BCUT2D eigenvalue weighted by Crippen LogP contribution is 2.15. The average Bonchev–Trinajstić information content (AvgIpc) is 2.87. The minimum absolute atomic E-state index is 0.0135. The SMILES string of the molecule is COc1ccc(CNC(=O)Cn2cc([N+](=O)[O-])cc2C)cc1. The van der Waals surface area contributed by atoms with Crippen LogP contribution in [-0.4, -0.2) is 22.5 Å². The van der Waals surface area contributed by atoms with Crippen LogP contribution in [0, 0.1) is 17.0 Å². The van der Waals surface area contributed by atoms with Crippen molar-refractivity contribution in [1.82, 2.24) is 9.88 Å². The molecule has 1 N–H and O–H groups in total. The van der Waals surface area contributed by atoms with Gasteiger partial charge in [-0.3, -0.25) is 14.9 Å². The van der Waals surface area contributed by atoms with E-state index in [1.807, 2.05) is 24.3 Å². The van der Waals surface area contributed by atoms with Gasteiger partial charge in [0, 0.05) is 18.3 Å². The van der Waals surface area contributed by atoms with Gasteiger partial charge >= 0.3 is 0 Å². The smallest absolute Gasteiger partial charge is 0.287 e. The third-order valence-corrected chi connectivity index (χ3v) is 3.27. The first-order valence-corrected chi connectivity index (χ1v) is 6.70. The number of aryl methyl sites for hydroxylation is 1. The van der Waals surface area contributed by atoms with E-state index in [9.17, 15) is 14.9 Å². The summed E-state index contributed by atoms with van der Waals surface area (Å²) in [6.07, 6.45) is 1.36. The number of hydrogen-bond donors (Lipinski definition) is 1. The third-order valence-electron chi connectivity index (χ3n) is 3.27. The fraction of sp³-hybridized carbons (Fsp3) is 0.267. The van der Waals surface area contributed by atoms with Gasteiger partial charge in [0.2, 0.25) is 5.91 Å². The fourth-order valence-corrected chi connectivity index (χ4v) is 2.02. The largest absolute Gasteiger partial charge is 0.497 e. The third kappa shape index (κ3) is 3.85. The lowest BCUT2D eigenvalue weighted by atomic mass is 10.2. The summed E-state index contributed by atoms with van der Waals surface area (Å²) in [5.74, 6) is 0.551. The number of amides is 1. The Kier molecular flexibility index (Phi) is 4.77. The van der Waals surface area contributed by atoms with E-state index in [1.165, 1.54) is 12.3 Å². The molecule has 0 aliphatic heterocycles. The van der Waals surface area contributed by atoms with Crippen molar-refractivity contribution in [2.45, 2.75) is 20.0 Å². The lowest BCUT2D eigenvalue weighted by Gasteiger charge is -2.08. The van der Waals surface area contributed by atoms with Crippen molar-refractivity contribution in [1.29, 1.82) is 0 Å². The molecule has 22 heavy (non-hydrogen) atoms. The molecule has 0 unspecified atom stereocenters. The zero-order valence-electron chi connectivity index (χ0n) is 12.4. The quantitative estimate of drug-likeness (QED) is 0.653. The lowest BCUT2D eigenvalue weighted by molar-refractivity contribution is -0.384. The maximum Gasteiger partial charge on any atom is 0.287 e. The van der Waals surface area contributed by atoms with Gasteiger partial charge in [-0.25, -0.2) is 0 Å². The van der Waals surface area contributed by atoms with E-state index in [2.05, 4.69) is 5.32 Å².